The number of benzene rings is 2. The zero-order valence-corrected chi connectivity index (χ0v) is 29.8. The van der Waals surface area contributed by atoms with Gasteiger partial charge in [0, 0.05) is 60.2 Å². The first-order chi connectivity index (χ1) is 23.1. The third-order valence-corrected chi connectivity index (χ3v) is 11.0. The van der Waals surface area contributed by atoms with E-state index in [-0.39, 0.29) is 55.4 Å². The fraction of sp³-hybridized carbons (Fsp3) is 0.611. The van der Waals surface area contributed by atoms with Crippen molar-refractivity contribution in [2.45, 2.75) is 108 Å². The van der Waals surface area contributed by atoms with Gasteiger partial charge in [0.1, 0.15) is 11.4 Å². The zero-order chi connectivity index (χ0) is 35.3. The summed E-state index contributed by atoms with van der Waals surface area (Å²) >= 11 is 7.89. The van der Waals surface area contributed by atoms with Crippen LogP contribution in [0, 0.1) is 11.7 Å². The Labute approximate surface area is 295 Å². The molecule has 2 aromatic carbocycles. The van der Waals surface area contributed by atoms with E-state index in [1.54, 1.807) is 48.3 Å². The van der Waals surface area contributed by atoms with E-state index in [9.17, 15) is 22.8 Å². The van der Waals surface area contributed by atoms with Crippen LogP contribution in [0.2, 0.25) is 5.02 Å². The van der Waals surface area contributed by atoms with Crippen molar-refractivity contribution in [1.29, 1.82) is 0 Å². The van der Waals surface area contributed by atoms with Gasteiger partial charge in [0.25, 0.3) is 0 Å². The summed E-state index contributed by atoms with van der Waals surface area (Å²) in [7, 11) is 0. The van der Waals surface area contributed by atoms with Crippen LogP contribution in [-0.2, 0) is 20.7 Å². The van der Waals surface area contributed by atoms with Gasteiger partial charge in [-0.1, -0.05) is 41.7 Å². The lowest BCUT2D eigenvalue weighted by Gasteiger charge is -2.44. The van der Waals surface area contributed by atoms with E-state index in [1.165, 1.54) is 6.07 Å². The summed E-state index contributed by atoms with van der Waals surface area (Å²) < 4.78 is 68.6. The lowest BCUT2D eigenvalue weighted by atomic mass is 9.77. The van der Waals surface area contributed by atoms with Gasteiger partial charge in [-0.2, -0.15) is 13.2 Å². The predicted molar refractivity (Wildman–Crippen MR) is 184 cm³/mol. The fourth-order valence-corrected chi connectivity index (χ4v) is 8.51. The number of amides is 2. The highest BCUT2D eigenvalue weighted by Gasteiger charge is 2.40. The van der Waals surface area contributed by atoms with Crippen LogP contribution in [0.25, 0.3) is 0 Å². The monoisotopic (exact) mass is 727 g/mol. The molecule has 5 unspecified atom stereocenters. The molecule has 49 heavy (non-hydrogen) atoms. The molecule has 3 aliphatic rings. The molecule has 2 bridgehead atoms. The summed E-state index contributed by atoms with van der Waals surface area (Å²) in [6, 6.07) is 11.6. The van der Waals surface area contributed by atoms with Gasteiger partial charge in [-0.25, -0.2) is 13.5 Å². The molecule has 3 aliphatic heterocycles. The summed E-state index contributed by atoms with van der Waals surface area (Å²) in [5.74, 6) is -0.468. The van der Waals surface area contributed by atoms with E-state index in [2.05, 4.69) is 9.62 Å². The molecule has 1 N–H and O–H groups in total. The molecule has 0 aromatic heterocycles. The molecule has 0 aliphatic carbocycles. The Balaban J connectivity index is 1.29. The number of anilines is 1. The number of piperazine rings is 1. The highest BCUT2D eigenvalue weighted by molar-refractivity contribution is 7.97. The van der Waals surface area contributed by atoms with Crippen molar-refractivity contribution in [2.75, 3.05) is 30.8 Å². The number of hydrogen-bond donors (Lipinski definition) is 1. The van der Waals surface area contributed by atoms with E-state index in [0.717, 1.165) is 24.2 Å². The number of nitrogens with zero attached hydrogens (tertiary/aromatic N) is 2. The topological polar surface area (TPSA) is 71.1 Å². The van der Waals surface area contributed by atoms with Crippen LogP contribution < -0.4 is 5.32 Å². The average molecular weight is 728 g/mol. The molecule has 5 rings (SSSR count). The number of halogens is 5. The predicted octanol–water partition coefficient (Wildman–Crippen LogP) is 9.00. The summed E-state index contributed by atoms with van der Waals surface area (Å²) in [4.78, 5) is 28.7. The van der Waals surface area contributed by atoms with Crippen LogP contribution in [0.1, 0.15) is 82.8 Å². The fourth-order valence-electron chi connectivity index (χ4n) is 7.19. The Bertz CT molecular complexity index is 1440. The largest absolute Gasteiger partial charge is 0.444 e. The Kier molecular flexibility index (Phi) is 12.5. The second-order valence-electron chi connectivity index (χ2n) is 14.3. The van der Waals surface area contributed by atoms with E-state index in [0.29, 0.717) is 48.6 Å². The molecule has 7 nitrogen and oxygen atoms in total. The molecule has 6 atom stereocenters. The number of nitrogens with one attached hydrogen (secondary N) is 1. The summed E-state index contributed by atoms with van der Waals surface area (Å²) in [5, 5.41) is 3.44. The maximum Gasteiger partial charge on any atom is 0.410 e. The molecule has 3 fully saturated rings. The third kappa shape index (κ3) is 10.7. The minimum absolute atomic E-state index is 0.000268. The molecule has 0 spiro atoms. The quantitative estimate of drug-likeness (QED) is 0.206. The first kappa shape index (κ1) is 37.7. The van der Waals surface area contributed by atoms with Gasteiger partial charge in [-0.15, -0.1) is 0 Å². The van der Waals surface area contributed by atoms with Crippen LogP contribution in [0.3, 0.4) is 0 Å². The molecule has 270 valence electrons. The molecule has 13 heteroatoms. The first-order valence-corrected chi connectivity index (χ1v) is 18.4. The van der Waals surface area contributed by atoms with Gasteiger partial charge in [0.2, 0.25) is 5.91 Å². The number of rotatable bonds is 9. The van der Waals surface area contributed by atoms with Gasteiger partial charge in [-0.3, -0.25) is 4.79 Å². The van der Waals surface area contributed by atoms with Gasteiger partial charge < -0.3 is 19.7 Å². The van der Waals surface area contributed by atoms with Crippen LogP contribution >= 0.6 is 23.5 Å². The van der Waals surface area contributed by atoms with Crippen molar-refractivity contribution in [1.82, 2.24) is 9.21 Å². The molecule has 0 radical (unpaired) electrons. The van der Waals surface area contributed by atoms with E-state index in [4.69, 9.17) is 21.1 Å². The molecule has 3 saturated heterocycles. The number of carbonyl (C=O) groups is 2. The second kappa shape index (κ2) is 16.2. The maximum atomic E-state index is 15.4. The Morgan fingerprint density at radius 1 is 1.10 bits per heavy atom. The first-order valence-electron chi connectivity index (χ1n) is 17.1. The normalized spacial score (nSPS) is 25.3. The highest BCUT2D eigenvalue weighted by Crippen LogP contribution is 2.40. The SMILES string of the molecule is CC(C)(C)OC(=O)N1CC(CCc2c(F)cccc2NC(=O)CC(c2ccc(Cl)cc2)C2CCOC(CC(F)(F)F)C2)N2C[C@H]1CCCS2. The van der Waals surface area contributed by atoms with Gasteiger partial charge in [0.15, 0.2) is 0 Å². The number of fused-ring (bicyclic) bond motifs is 2. The standard InChI is InChI=1S/C36H46ClF4N3O4S/c1-35(2,3)48-34(46)43-21-27(44-22-26(43)6-5-17-49-44)13-14-29-31(38)7-4-8-32(29)42-33(45)19-30(23-9-11-25(37)12-10-23)24-15-16-47-28(18-24)20-36(39,40)41/h4,7-12,24,26-28,30H,5-6,13-22H2,1-3H3,(H,42,45)/t24?,26-,27?,28?,30?/m1/s1. The minimum Gasteiger partial charge on any atom is -0.444 e. The minimum atomic E-state index is -4.35. The van der Waals surface area contributed by atoms with Crippen molar-refractivity contribution in [3.8, 4) is 0 Å². The van der Waals surface area contributed by atoms with E-state index in [1.807, 2.05) is 25.7 Å². The Morgan fingerprint density at radius 2 is 1.86 bits per heavy atom. The Morgan fingerprint density at radius 3 is 2.57 bits per heavy atom. The van der Waals surface area contributed by atoms with Crippen LogP contribution in [-0.4, -0.2) is 76.6 Å². The van der Waals surface area contributed by atoms with Crippen molar-refractivity contribution in [3.05, 3.63) is 64.4 Å². The van der Waals surface area contributed by atoms with Crippen molar-refractivity contribution >= 4 is 41.2 Å². The van der Waals surface area contributed by atoms with E-state index < -0.39 is 30.1 Å². The molecule has 2 amide bonds. The Hall–Kier alpha value is -2.54. The summed E-state index contributed by atoms with van der Waals surface area (Å²) in [6.45, 7) is 6.89. The molecular weight excluding hydrogens is 682 g/mol. The lowest BCUT2D eigenvalue weighted by molar-refractivity contribution is -0.169. The van der Waals surface area contributed by atoms with Gasteiger partial charge in [0.05, 0.1) is 12.5 Å². The van der Waals surface area contributed by atoms with E-state index >= 15 is 4.39 Å². The van der Waals surface area contributed by atoms with Gasteiger partial charge in [-0.05, 0) is 101 Å². The van der Waals surface area contributed by atoms with Crippen LogP contribution in [0.15, 0.2) is 42.5 Å². The average Bonchev–Trinajstić information content (AvgIpc) is 3.22. The molecular formula is C36H46ClF4N3O4S. The smallest absolute Gasteiger partial charge is 0.410 e. The van der Waals surface area contributed by atoms with Crippen molar-refractivity contribution in [2.24, 2.45) is 5.92 Å². The van der Waals surface area contributed by atoms with Crippen molar-refractivity contribution < 1.29 is 36.6 Å². The maximum absolute atomic E-state index is 15.4. The molecule has 3 heterocycles. The highest BCUT2D eigenvalue weighted by atomic mass is 35.5. The molecule has 0 saturated carbocycles. The number of ether oxygens (including phenoxy) is 2. The zero-order valence-electron chi connectivity index (χ0n) is 28.2. The third-order valence-electron chi connectivity index (χ3n) is 9.47. The second-order valence-corrected chi connectivity index (χ2v) is 15.9. The van der Waals surface area contributed by atoms with Gasteiger partial charge >= 0.3 is 12.3 Å². The lowest BCUT2D eigenvalue weighted by Crippen LogP contribution is -2.58. The summed E-state index contributed by atoms with van der Waals surface area (Å²) in [6.07, 6.45) is -3.26. The van der Waals surface area contributed by atoms with Crippen molar-refractivity contribution in [3.63, 3.8) is 0 Å². The molecule has 2 aromatic rings. The van der Waals surface area contributed by atoms with Crippen LogP contribution in [0.5, 0.6) is 0 Å². The number of alkyl halides is 3. The van der Waals surface area contributed by atoms with Crippen LogP contribution in [0.4, 0.5) is 28.0 Å². The number of hydrogen-bond acceptors (Lipinski definition) is 6. The number of carbonyl (C=O) groups excluding carboxylic acids is 2. The summed E-state index contributed by atoms with van der Waals surface area (Å²) in [5.41, 5.74) is 0.923.